The number of hydrogen-bond acceptors (Lipinski definition) is 3. The van der Waals surface area contributed by atoms with E-state index < -0.39 is 35.5 Å². The number of hydrogen-bond donors (Lipinski definition) is 1. The lowest BCUT2D eigenvalue weighted by atomic mass is 10.0. The number of carbonyl (C=O) groups excluding carboxylic acids is 1. The van der Waals surface area contributed by atoms with Crippen LogP contribution in [0.5, 0.6) is 11.5 Å². The fourth-order valence-corrected chi connectivity index (χ4v) is 3.36. The number of halogens is 6. The third-order valence-electron chi connectivity index (χ3n) is 4.72. The lowest BCUT2D eigenvalue weighted by Gasteiger charge is -2.17. The maximum absolute atomic E-state index is 13.8. The van der Waals surface area contributed by atoms with Crippen LogP contribution in [-0.4, -0.2) is 30.8 Å². The monoisotopic (exact) mass is 499 g/mol. The van der Waals surface area contributed by atoms with Crippen LogP contribution >= 0.6 is 11.6 Å². The molecule has 0 radical (unpaired) electrons. The molecule has 1 N–H and O–H groups in total. The number of carbonyl (C=O) groups is 1. The Labute approximate surface area is 197 Å². The molecule has 0 fully saturated rings. The van der Waals surface area contributed by atoms with Crippen molar-refractivity contribution in [2.24, 2.45) is 0 Å². The predicted molar refractivity (Wildman–Crippen MR) is 117 cm³/mol. The van der Waals surface area contributed by atoms with E-state index in [1.165, 1.54) is 18.2 Å². The van der Waals surface area contributed by atoms with Crippen molar-refractivity contribution in [3.8, 4) is 22.6 Å². The van der Waals surface area contributed by atoms with Crippen LogP contribution < -0.4 is 14.8 Å². The Morgan fingerprint density at radius 2 is 1.59 bits per heavy atom. The Kier molecular flexibility index (Phi) is 8.33. The maximum atomic E-state index is 13.8. The van der Waals surface area contributed by atoms with Gasteiger partial charge in [0.1, 0.15) is 28.7 Å². The summed E-state index contributed by atoms with van der Waals surface area (Å²) in [5.74, 6) is -2.80. The van der Waals surface area contributed by atoms with Gasteiger partial charge >= 0.3 is 6.36 Å². The number of benzene rings is 3. The van der Waals surface area contributed by atoms with E-state index in [1.54, 1.807) is 30.3 Å². The molecule has 0 aliphatic carbocycles. The molecule has 3 aromatic carbocycles. The highest BCUT2D eigenvalue weighted by Gasteiger charge is 2.32. The van der Waals surface area contributed by atoms with Crippen LogP contribution in [0.25, 0.3) is 11.1 Å². The minimum absolute atomic E-state index is 0.0138. The van der Waals surface area contributed by atoms with E-state index in [2.05, 4.69) is 10.1 Å². The molecule has 0 aliphatic heterocycles. The van der Waals surface area contributed by atoms with Crippen LogP contribution in [0.2, 0.25) is 0 Å². The van der Waals surface area contributed by atoms with Crippen LogP contribution in [-0.2, 0) is 0 Å². The molecule has 0 aliphatic rings. The summed E-state index contributed by atoms with van der Waals surface area (Å²) in [6.45, 7) is 0.116. The SMILES string of the molecule is O=C(NC(CCl)CCOc1ccc(-c2ccccc2OC(F)(F)F)cc1)c1c(F)cccc1F. The molecule has 0 bridgehead atoms. The molecule has 34 heavy (non-hydrogen) atoms. The van der Waals surface area contributed by atoms with Crippen LogP contribution in [0.3, 0.4) is 0 Å². The molecular formula is C24H19ClF5NO3. The zero-order valence-corrected chi connectivity index (χ0v) is 18.3. The van der Waals surface area contributed by atoms with E-state index in [1.807, 2.05) is 0 Å². The molecule has 3 aromatic rings. The second-order valence-corrected chi connectivity index (χ2v) is 7.44. The molecule has 1 amide bonds. The summed E-state index contributed by atoms with van der Waals surface area (Å²) in [7, 11) is 0. The Balaban J connectivity index is 1.58. The molecule has 0 heterocycles. The van der Waals surface area contributed by atoms with Gasteiger partial charge in [0.15, 0.2) is 0 Å². The Morgan fingerprint density at radius 3 is 2.21 bits per heavy atom. The molecule has 10 heteroatoms. The summed E-state index contributed by atoms with van der Waals surface area (Å²) in [4.78, 5) is 12.2. The van der Waals surface area contributed by atoms with Gasteiger partial charge in [-0.15, -0.1) is 24.8 Å². The normalized spacial score (nSPS) is 12.2. The third kappa shape index (κ3) is 6.84. The zero-order chi connectivity index (χ0) is 24.7. The quantitative estimate of drug-likeness (QED) is 0.276. The first-order valence-electron chi connectivity index (χ1n) is 10.1. The minimum Gasteiger partial charge on any atom is -0.494 e. The average molecular weight is 500 g/mol. The first kappa shape index (κ1) is 25.3. The lowest BCUT2D eigenvalue weighted by molar-refractivity contribution is -0.274. The predicted octanol–water partition coefficient (Wildman–Crippen LogP) is 6.34. The van der Waals surface area contributed by atoms with Crippen molar-refractivity contribution in [2.45, 2.75) is 18.8 Å². The standard InChI is InChI=1S/C24H19ClF5NO3/c25-14-16(31-23(32)22-19(26)5-3-6-20(22)27)12-13-33-17-10-8-15(9-11-17)18-4-1-2-7-21(18)34-24(28,29)30/h1-11,16H,12-14H2,(H,31,32). The molecule has 4 nitrogen and oxygen atoms in total. The van der Waals surface area contributed by atoms with Gasteiger partial charge in [-0.05, 0) is 35.9 Å². The Hall–Kier alpha value is -3.33. The van der Waals surface area contributed by atoms with Crippen molar-refractivity contribution in [2.75, 3.05) is 12.5 Å². The second-order valence-electron chi connectivity index (χ2n) is 7.13. The summed E-state index contributed by atoms with van der Waals surface area (Å²) in [5.41, 5.74) is 0.0607. The second kappa shape index (κ2) is 11.2. The molecule has 0 aromatic heterocycles. The number of alkyl halides is 4. The third-order valence-corrected chi connectivity index (χ3v) is 5.10. The van der Waals surface area contributed by atoms with Crippen molar-refractivity contribution in [3.05, 3.63) is 83.9 Å². The molecule has 1 atom stereocenters. The number of rotatable bonds is 9. The highest BCUT2D eigenvalue weighted by molar-refractivity contribution is 6.18. The summed E-state index contributed by atoms with van der Waals surface area (Å²) >= 11 is 5.86. The molecule has 180 valence electrons. The van der Waals surface area contributed by atoms with Gasteiger partial charge in [-0.2, -0.15) is 0 Å². The number of para-hydroxylation sites is 1. The maximum Gasteiger partial charge on any atom is 0.573 e. The van der Waals surface area contributed by atoms with Crippen molar-refractivity contribution in [1.82, 2.24) is 5.32 Å². The van der Waals surface area contributed by atoms with E-state index in [9.17, 15) is 26.7 Å². The van der Waals surface area contributed by atoms with Gasteiger partial charge in [0.2, 0.25) is 0 Å². The van der Waals surface area contributed by atoms with Gasteiger partial charge in [0.25, 0.3) is 5.91 Å². The highest BCUT2D eigenvalue weighted by atomic mass is 35.5. The van der Waals surface area contributed by atoms with Crippen molar-refractivity contribution in [1.29, 1.82) is 0 Å². The molecule has 3 rings (SSSR count). The number of nitrogens with one attached hydrogen (secondary N) is 1. The fraction of sp³-hybridized carbons (Fsp3) is 0.208. The molecule has 1 unspecified atom stereocenters. The van der Waals surface area contributed by atoms with Gasteiger partial charge in [-0.1, -0.05) is 36.4 Å². The van der Waals surface area contributed by atoms with Crippen LogP contribution in [0.4, 0.5) is 22.0 Å². The number of ether oxygens (including phenoxy) is 2. The zero-order valence-electron chi connectivity index (χ0n) is 17.5. The topological polar surface area (TPSA) is 47.6 Å². The number of amides is 1. The summed E-state index contributed by atoms with van der Waals surface area (Å²) < 4.78 is 75.1. The summed E-state index contributed by atoms with van der Waals surface area (Å²) in [6.07, 6.45) is -4.57. The van der Waals surface area contributed by atoms with Crippen molar-refractivity contribution in [3.63, 3.8) is 0 Å². The molecular weight excluding hydrogens is 481 g/mol. The van der Waals surface area contributed by atoms with Crippen LogP contribution in [0.1, 0.15) is 16.8 Å². The fourth-order valence-electron chi connectivity index (χ4n) is 3.13. The van der Waals surface area contributed by atoms with E-state index in [4.69, 9.17) is 16.3 Å². The minimum atomic E-state index is -4.81. The van der Waals surface area contributed by atoms with E-state index in [-0.39, 0.29) is 30.2 Å². The van der Waals surface area contributed by atoms with E-state index >= 15 is 0 Å². The smallest absolute Gasteiger partial charge is 0.494 e. The first-order valence-corrected chi connectivity index (χ1v) is 10.6. The van der Waals surface area contributed by atoms with Gasteiger partial charge in [0, 0.05) is 23.9 Å². The van der Waals surface area contributed by atoms with Crippen LogP contribution in [0, 0.1) is 11.6 Å². The summed E-state index contributed by atoms with van der Waals surface area (Å²) in [6, 6.07) is 14.6. The molecule has 0 spiro atoms. The first-order chi connectivity index (χ1) is 16.2. The average Bonchev–Trinajstić information content (AvgIpc) is 2.78. The molecule has 0 saturated heterocycles. The van der Waals surface area contributed by atoms with E-state index in [0.717, 1.165) is 18.2 Å². The largest absolute Gasteiger partial charge is 0.573 e. The highest BCUT2D eigenvalue weighted by Crippen LogP contribution is 2.34. The lowest BCUT2D eigenvalue weighted by Crippen LogP contribution is -2.38. The molecule has 0 saturated carbocycles. The van der Waals surface area contributed by atoms with Gasteiger partial charge < -0.3 is 14.8 Å². The van der Waals surface area contributed by atoms with Crippen molar-refractivity contribution < 1.29 is 36.2 Å². The van der Waals surface area contributed by atoms with Gasteiger partial charge in [0.05, 0.1) is 6.61 Å². The van der Waals surface area contributed by atoms with Gasteiger partial charge in [-0.3, -0.25) is 4.79 Å². The van der Waals surface area contributed by atoms with E-state index in [0.29, 0.717) is 11.3 Å². The van der Waals surface area contributed by atoms with Crippen molar-refractivity contribution >= 4 is 17.5 Å². The van der Waals surface area contributed by atoms with Crippen LogP contribution in [0.15, 0.2) is 66.7 Å². The summed E-state index contributed by atoms with van der Waals surface area (Å²) in [5, 5.41) is 2.47. The Morgan fingerprint density at radius 1 is 0.941 bits per heavy atom. The van der Waals surface area contributed by atoms with Gasteiger partial charge in [-0.25, -0.2) is 8.78 Å². The Bertz CT molecular complexity index is 1100.